The maximum absolute atomic E-state index is 14.0. The summed E-state index contributed by atoms with van der Waals surface area (Å²) in [6.07, 6.45) is 0.892. The Morgan fingerprint density at radius 3 is 2.67 bits per heavy atom. The van der Waals surface area contributed by atoms with Crippen LogP contribution in [0.2, 0.25) is 0 Å². The van der Waals surface area contributed by atoms with Crippen LogP contribution in [0, 0.1) is 5.82 Å². The Labute approximate surface area is 199 Å². The third kappa shape index (κ3) is 5.38. The van der Waals surface area contributed by atoms with E-state index in [1.165, 1.54) is 16.5 Å². The topological polar surface area (TPSA) is 55.9 Å². The number of urea groups is 1. The molecule has 1 aromatic heterocycles. The van der Waals surface area contributed by atoms with E-state index in [0.29, 0.717) is 19.6 Å². The van der Waals surface area contributed by atoms with E-state index in [1.807, 2.05) is 43.6 Å². The molecule has 4 rings (SSSR count). The highest BCUT2D eigenvalue weighted by atomic mass is 32.1. The van der Waals surface area contributed by atoms with Gasteiger partial charge in [0.25, 0.3) is 0 Å². The van der Waals surface area contributed by atoms with E-state index >= 15 is 0 Å². The van der Waals surface area contributed by atoms with Crippen LogP contribution < -0.4 is 5.32 Å². The summed E-state index contributed by atoms with van der Waals surface area (Å²) < 4.78 is 14.0. The number of thiophene rings is 1. The predicted molar refractivity (Wildman–Crippen MR) is 129 cm³/mol. The van der Waals surface area contributed by atoms with Gasteiger partial charge in [0.1, 0.15) is 5.82 Å². The van der Waals surface area contributed by atoms with E-state index in [1.54, 1.807) is 23.5 Å². The van der Waals surface area contributed by atoms with E-state index in [4.69, 9.17) is 0 Å². The van der Waals surface area contributed by atoms with E-state index < -0.39 is 0 Å². The summed E-state index contributed by atoms with van der Waals surface area (Å²) in [5, 5.41) is 5.09. The minimum atomic E-state index is -0.301. The number of nitrogens with one attached hydrogen (secondary N) is 1. The highest BCUT2D eigenvalue weighted by Gasteiger charge is 2.35. The van der Waals surface area contributed by atoms with E-state index in [9.17, 15) is 14.0 Å². The van der Waals surface area contributed by atoms with Crippen LogP contribution in [0.5, 0.6) is 0 Å². The Kier molecular flexibility index (Phi) is 6.77. The van der Waals surface area contributed by atoms with Crippen LogP contribution >= 0.6 is 11.3 Å². The van der Waals surface area contributed by atoms with Gasteiger partial charge in [-0.1, -0.05) is 12.1 Å². The van der Waals surface area contributed by atoms with Crippen LogP contribution in [0.15, 0.2) is 35.7 Å². The molecule has 0 aliphatic carbocycles. The van der Waals surface area contributed by atoms with Crippen molar-refractivity contribution in [2.75, 3.05) is 32.7 Å². The maximum Gasteiger partial charge on any atom is 0.318 e. The van der Waals surface area contributed by atoms with Gasteiger partial charge < -0.3 is 15.1 Å². The zero-order valence-electron chi connectivity index (χ0n) is 19.8. The predicted octanol–water partition coefficient (Wildman–Crippen LogP) is 3.88. The van der Waals surface area contributed by atoms with E-state index in [0.717, 1.165) is 18.5 Å². The Bertz CT molecular complexity index is 1020. The Balaban J connectivity index is 1.45. The molecule has 33 heavy (non-hydrogen) atoms. The number of nitrogens with zero attached hydrogens (tertiary/aromatic N) is 3. The van der Waals surface area contributed by atoms with Crippen molar-refractivity contribution in [3.63, 3.8) is 0 Å². The number of hydrogen-bond donors (Lipinski definition) is 1. The second-order valence-corrected chi connectivity index (χ2v) is 11.0. The molecule has 1 N–H and O–H groups in total. The summed E-state index contributed by atoms with van der Waals surface area (Å²) in [7, 11) is 0. The fourth-order valence-corrected chi connectivity index (χ4v) is 5.66. The van der Waals surface area contributed by atoms with Crippen LogP contribution in [-0.2, 0) is 11.2 Å². The third-order valence-electron chi connectivity index (χ3n) is 6.29. The van der Waals surface area contributed by atoms with Gasteiger partial charge in [-0.25, -0.2) is 9.18 Å². The van der Waals surface area contributed by atoms with Crippen molar-refractivity contribution in [1.29, 1.82) is 0 Å². The van der Waals surface area contributed by atoms with Gasteiger partial charge >= 0.3 is 6.03 Å². The molecular weight excluding hydrogens is 439 g/mol. The molecule has 1 aromatic carbocycles. The monoisotopic (exact) mass is 472 g/mol. The molecule has 1 saturated heterocycles. The number of carbonyl (C=O) groups is 2. The molecule has 0 unspecified atom stereocenters. The van der Waals surface area contributed by atoms with E-state index in [2.05, 4.69) is 21.7 Å². The highest BCUT2D eigenvalue weighted by molar-refractivity contribution is 7.10. The third-order valence-corrected chi connectivity index (χ3v) is 7.29. The minimum Gasteiger partial charge on any atom is -0.338 e. The molecule has 6 nitrogen and oxygen atoms in total. The quantitative estimate of drug-likeness (QED) is 0.738. The molecule has 2 atom stereocenters. The number of fused-ring (bicyclic) bond motifs is 1. The SMILES string of the molecule is C[C@@H]1CN(C(=O)CN2CCc3sccc3[C@H]2c2cccc(F)c2)CCN1C(=O)NC(C)(C)C. The summed E-state index contributed by atoms with van der Waals surface area (Å²) >= 11 is 1.72. The van der Waals surface area contributed by atoms with Gasteiger partial charge in [-0.15, -0.1) is 11.3 Å². The Hall–Kier alpha value is -2.45. The number of hydrogen-bond acceptors (Lipinski definition) is 4. The molecular formula is C25H33FN4O2S. The fraction of sp³-hybridized carbons (Fsp3) is 0.520. The minimum absolute atomic E-state index is 0.0535. The molecule has 178 valence electrons. The Morgan fingerprint density at radius 1 is 1.18 bits per heavy atom. The van der Waals surface area contributed by atoms with Crippen molar-refractivity contribution in [1.82, 2.24) is 20.0 Å². The summed E-state index contributed by atoms with van der Waals surface area (Å²) in [5.41, 5.74) is 1.74. The normalized spacial score (nSPS) is 21.6. The van der Waals surface area contributed by atoms with Gasteiger partial charge in [-0.3, -0.25) is 9.69 Å². The van der Waals surface area contributed by atoms with Gasteiger partial charge in [-0.2, -0.15) is 0 Å². The molecule has 0 saturated carbocycles. The molecule has 3 heterocycles. The van der Waals surface area contributed by atoms with Gasteiger partial charge in [0.15, 0.2) is 0 Å². The molecule has 3 amide bonds. The zero-order chi connectivity index (χ0) is 23.8. The number of benzene rings is 1. The summed E-state index contributed by atoms with van der Waals surface area (Å²) in [4.78, 5) is 33.0. The molecule has 8 heteroatoms. The van der Waals surface area contributed by atoms with Crippen LogP contribution in [0.25, 0.3) is 0 Å². The lowest BCUT2D eigenvalue weighted by atomic mass is 9.93. The molecule has 0 radical (unpaired) electrons. The van der Waals surface area contributed by atoms with Crippen molar-refractivity contribution >= 4 is 23.3 Å². The molecule has 2 aliphatic rings. The van der Waals surface area contributed by atoms with Crippen molar-refractivity contribution in [3.05, 3.63) is 57.5 Å². The fourth-order valence-electron chi connectivity index (χ4n) is 4.76. The zero-order valence-corrected chi connectivity index (χ0v) is 20.6. The lowest BCUT2D eigenvalue weighted by Gasteiger charge is -2.42. The largest absolute Gasteiger partial charge is 0.338 e. The van der Waals surface area contributed by atoms with Crippen molar-refractivity contribution in [3.8, 4) is 0 Å². The van der Waals surface area contributed by atoms with Gasteiger partial charge in [-0.05, 0) is 68.8 Å². The first-order chi connectivity index (χ1) is 15.6. The lowest BCUT2D eigenvalue weighted by molar-refractivity contribution is -0.135. The Morgan fingerprint density at radius 2 is 1.97 bits per heavy atom. The van der Waals surface area contributed by atoms with Gasteiger partial charge in [0.05, 0.1) is 12.6 Å². The second-order valence-electron chi connectivity index (χ2n) is 10.0. The van der Waals surface area contributed by atoms with Gasteiger partial charge in [0, 0.05) is 42.6 Å². The summed E-state index contributed by atoms with van der Waals surface area (Å²) in [5.74, 6) is -0.211. The van der Waals surface area contributed by atoms with Crippen LogP contribution in [0.1, 0.15) is 49.7 Å². The number of piperazine rings is 1. The van der Waals surface area contributed by atoms with Crippen molar-refractivity contribution < 1.29 is 14.0 Å². The van der Waals surface area contributed by atoms with Crippen molar-refractivity contribution in [2.45, 2.75) is 51.7 Å². The van der Waals surface area contributed by atoms with Crippen LogP contribution in [0.4, 0.5) is 9.18 Å². The molecule has 2 aliphatic heterocycles. The van der Waals surface area contributed by atoms with Crippen LogP contribution in [0.3, 0.4) is 0 Å². The first-order valence-electron chi connectivity index (χ1n) is 11.5. The first kappa shape index (κ1) is 23.7. The van der Waals surface area contributed by atoms with Crippen LogP contribution in [-0.4, -0.2) is 70.9 Å². The average molecular weight is 473 g/mol. The molecule has 1 fully saturated rings. The number of rotatable bonds is 3. The van der Waals surface area contributed by atoms with E-state index in [-0.39, 0.29) is 41.9 Å². The number of halogens is 1. The number of carbonyl (C=O) groups excluding carboxylic acids is 2. The maximum atomic E-state index is 14.0. The molecule has 0 bridgehead atoms. The highest BCUT2D eigenvalue weighted by Crippen LogP contribution is 2.37. The van der Waals surface area contributed by atoms with Gasteiger partial charge in [0.2, 0.25) is 5.91 Å². The summed E-state index contributed by atoms with van der Waals surface area (Å²) in [6.45, 7) is 10.4. The molecule has 2 aromatic rings. The average Bonchev–Trinajstić information content (AvgIpc) is 3.20. The molecule has 0 spiro atoms. The lowest BCUT2D eigenvalue weighted by Crippen LogP contribution is -2.60. The number of amides is 3. The second kappa shape index (κ2) is 9.43. The smallest absolute Gasteiger partial charge is 0.318 e. The summed E-state index contributed by atoms with van der Waals surface area (Å²) in [6, 6.07) is 8.51. The first-order valence-corrected chi connectivity index (χ1v) is 12.4. The standard InChI is InChI=1S/C25H33FN4O2S/c1-17-15-28(11-12-30(17)24(32)27-25(2,3)4)22(31)16-29-10-8-21-20(9-13-33-21)23(29)18-6-5-7-19(26)14-18/h5-7,9,13-14,17,23H,8,10-12,15-16H2,1-4H3,(H,27,32)/t17-,23-/m1/s1. The van der Waals surface area contributed by atoms with Crippen molar-refractivity contribution in [2.24, 2.45) is 0 Å².